The van der Waals surface area contributed by atoms with Gasteiger partial charge in [0.15, 0.2) is 5.76 Å². The molecule has 1 amide bonds. The van der Waals surface area contributed by atoms with E-state index in [1.165, 1.54) is 11.9 Å². The number of aromatic nitrogens is 3. The first-order valence-electron chi connectivity index (χ1n) is 8.27. The first kappa shape index (κ1) is 16.8. The molecule has 3 aromatic rings. The van der Waals surface area contributed by atoms with Crippen molar-refractivity contribution in [1.82, 2.24) is 20.4 Å². The van der Waals surface area contributed by atoms with Crippen LogP contribution in [0, 0.1) is 6.92 Å². The number of nitrogens with zero attached hydrogens (tertiary/aromatic N) is 3. The van der Waals surface area contributed by atoms with Crippen molar-refractivity contribution in [2.24, 2.45) is 0 Å². The zero-order chi connectivity index (χ0) is 17.6. The largest absolute Gasteiger partial charge is 0.356 e. The number of hydrogen-bond donors (Lipinski definition) is 1. The summed E-state index contributed by atoms with van der Waals surface area (Å²) < 4.78 is 5.36. The Labute approximate surface area is 146 Å². The third kappa shape index (κ3) is 4.09. The summed E-state index contributed by atoms with van der Waals surface area (Å²) in [6.45, 7) is 4.37. The molecule has 0 spiro atoms. The van der Waals surface area contributed by atoms with Crippen molar-refractivity contribution in [3.8, 4) is 11.3 Å². The number of carbonyl (C=O) groups excluding carboxylic acids is 1. The molecule has 0 saturated heterocycles. The van der Waals surface area contributed by atoms with Gasteiger partial charge in [-0.2, -0.15) is 0 Å². The minimum Gasteiger partial charge on any atom is -0.356 e. The number of nitrogens with one attached hydrogen (secondary N) is 1. The Morgan fingerprint density at radius 1 is 1.24 bits per heavy atom. The van der Waals surface area contributed by atoms with E-state index >= 15 is 0 Å². The third-order valence-corrected chi connectivity index (χ3v) is 3.85. The van der Waals surface area contributed by atoms with E-state index in [1.54, 1.807) is 6.20 Å². The van der Waals surface area contributed by atoms with Crippen LogP contribution >= 0.6 is 0 Å². The average Bonchev–Trinajstić information content (AvgIpc) is 3.10. The molecule has 2 heterocycles. The highest BCUT2D eigenvalue weighted by molar-refractivity contribution is 5.94. The zero-order valence-electron chi connectivity index (χ0n) is 14.3. The lowest BCUT2D eigenvalue weighted by Gasteiger charge is -2.06. The normalized spacial score (nSPS) is 10.6. The summed E-state index contributed by atoms with van der Waals surface area (Å²) in [4.78, 5) is 20.5. The molecule has 1 N–H and O–H groups in total. The molecule has 0 saturated carbocycles. The molecule has 6 nitrogen and oxygen atoms in total. The predicted octanol–water partition coefficient (Wildman–Crippen LogP) is 3.32. The fraction of sp³-hybridized carbons (Fsp3) is 0.263. The van der Waals surface area contributed by atoms with Gasteiger partial charge in [-0.25, -0.2) is 9.97 Å². The number of hydrogen-bond acceptors (Lipinski definition) is 5. The van der Waals surface area contributed by atoms with Crippen molar-refractivity contribution in [3.05, 3.63) is 65.4 Å². The Morgan fingerprint density at radius 2 is 2.04 bits per heavy atom. The highest BCUT2D eigenvalue weighted by Gasteiger charge is 2.13. The highest BCUT2D eigenvalue weighted by atomic mass is 16.5. The topological polar surface area (TPSA) is 80.9 Å². The molecule has 25 heavy (non-hydrogen) atoms. The fourth-order valence-electron chi connectivity index (χ4n) is 2.50. The summed E-state index contributed by atoms with van der Waals surface area (Å²) in [5.74, 6) is 0.475. The van der Waals surface area contributed by atoms with Crippen molar-refractivity contribution >= 4 is 5.91 Å². The number of rotatable bonds is 6. The minimum atomic E-state index is -0.205. The number of aryl methyl sites for hydroxylation is 2. The molecular weight excluding hydrogens is 316 g/mol. The van der Waals surface area contributed by atoms with E-state index in [2.05, 4.69) is 20.4 Å². The second-order valence-electron chi connectivity index (χ2n) is 5.86. The Morgan fingerprint density at radius 3 is 2.80 bits per heavy atom. The van der Waals surface area contributed by atoms with Crippen LogP contribution in [0.25, 0.3) is 11.3 Å². The van der Waals surface area contributed by atoms with Gasteiger partial charge in [-0.15, -0.1) is 0 Å². The first-order chi connectivity index (χ1) is 12.2. The Bertz CT molecular complexity index is 856. The van der Waals surface area contributed by atoms with E-state index in [4.69, 9.17) is 4.52 Å². The van der Waals surface area contributed by atoms with E-state index < -0.39 is 0 Å². The second kappa shape index (κ2) is 7.70. The van der Waals surface area contributed by atoms with Gasteiger partial charge >= 0.3 is 0 Å². The molecule has 0 unspecified atom stereocenters. The van der Waals surface area contributed by atoms with Crippen LogP contribution in [0.2, 0.25) is 0 Å². The molecular formula is C19H20N4O2. The maximum Gasteiger partial charge on any atom is 0.255 e. The SMILES string of the molecule is CCCc1ncncc1C(=O)NCc1cc(-c2ccc(C)cc2)on1. The molecule has 0 aliphatic rings. The van der Waals surface area contributed by atoms with Gasteiger partial charge in [-0.05, 0) is 13.3 Å². The molecule has 128 valence electrons. The molecule has 1 aromatic carbocycles. The average molecular weight is 336 g/mol. The van der Waals surface area contributed by atoms with Gasteiger partial charge in [-0.1, -0.05) is 48.3 Å². The van der Waals surface area contributed by atoms with Crippen molar-refractivity contribution in [2.75, 3.05) is 0 Å². The molecule has 0 fully saturated rings. The Hall–Kier alpha value is -3.02. The lowest BCUT2D eigenvalue weighted by Crippen LogP contribution is -2.24. The second-order valence-corrected chi connectivity index (χ2v) is 5.86. The van der Waals surface area contributed by atoms with Gasteiger partial charge in [0.1, 0.15) is 12.0 Å². The monoisotopic (exact) mass is 336 g/mol. The van der Waals surface area contributed by atoms with Crippen LogP contribution in [0.3, 0.4) is 0 Å². The lowest BCUT2D eigenvalue weighted by molar-refractivity contribution is 0.0948. The smallest absolute Gasteiger partial charge is 0.255 e. The number of carbonyl (C=O) groups is 1. The summed E-state index contributed by atoms with van der Waals surface area (Å²) in [6, 6.07) is 9.83. The molecule has 3 rings (SSSR count). The van der Waals surface area contributed by atoms with Crippen LogP contribution in [-0.2, 0) is 13.0 Å². The van der Waals surface area contributed by atoms with Gasteiger partial charge in [0, 0.05) is 17.8 Å². The zero-order valence-corrected chi connectivity index (χ0v) is 14.3. The van der Waals surface area contributed by atoms with Crippen LogP contribution in [0.1, 0.15) is 40.7 Å². The van der Waals surface area contributed by atoms with E-state index in [9.17, 15) is 4.79 Å². The first-order valence-corrected chi connectivity index (χ1v) is 8.27. The maximum atomic E-state index is 12.4. The summed E-state index contributed by atoms with van der Waals surface area (Å²) in [5.41, 5.74) is 4.07. The minimum absolute atomic E-state index is 0.205. The third-order valence-electron chi connectivity index (χ3n) is 3.85. The van der Waals surface area contributed by atoms with Gasteiger partial charge in [-0.3, -0.25) is 4.79 Å². The van der Waals surface area contributed by atoms with Crippen LogP contribution < -0.4 is 5.32 Å². The van der Waals surface area contributed by atoms with E-state index in [0.717, 1.165) is 24.1 Å². The standard InChI is InChI=1S/C19H20N4O2/c1-3-4-17-16(11-20-12-22-17)19(24)21-10-15-9-18(25-23-15)14-7-5-13(2)6-8-14/h5-9,11-12H,3-4,10H2,1-2H3,(H,21,24). The quantitative estimate of drug-likeness (QED) is 0.747. The summed E-state index contributed by atoms with van der Waals surface area (Å²) in [7, 11) is 0. The number of amides is 1. The van der Waals surface area contributed by atoms with Gasteiger partial charge < -0.3 is 9.84 Å². The fourth-order valence-corrected chi connectivity index (χ4v) is 2.50. The highest BCUT2D eigenvalue weighted by Crippen LogP contribution is 2.20. The van der Waals surface area contributed by atoms with Crippen LogP contribution in [-0.4, -0.2) is 21.0 Å². The van der Waals surface area contributed by atoms with Gasteiger partial charge in [0.05, 0.1) is 17.8 Å². The van der Waals surface area contributed by atoms with Crippen LogP contribution in [0.5, 0.6) is 0 Å². The molecule has 0 aliphatic heterocycles. The molecule has 2 aromatic heterocycles. The van der Waals surface area contributed by atoms with E-state index in [-0.39, 0.29) is 12.5 Å². The van der Waals surface area contributed by atoms with Crippen molar-refractivity contribution in [1.29, 1.82) is 0 Å². The van der Waals surface area contributed by atoms with E-state index in [0.29, 0.717) is 17.0 Å². The van der Waals surface area contributed by atoms with Crippen molar-refractivity contribution < 1.29 is 9.32 Å². The van der Waals surface area contributed by atoms with Gasteiger partial charge in [0.2, 0.25) is 0 Å². The van der Waals surface area contributed by atoms with E-state index in [1.807, 2.05) is 44.2 Å². The maximum absolute atomic E-state index is 12.4. The summed E-state index contributed by atoms with van der Waals surface area (Å²) in [6.07, 6.45) is 4.68. The Balaban J connectivity index is 1.66. The molecule has 0 bridgehead atoms. The van der Waals surface area contributed by atoms with Crippen LogP contribution in [0.15, 0.2) is 47.4 Å². The molecule has 0 atom stereocenters. The number of benzene rings is 1. The lowest BCUT2D eigenvalue weighted by atomic mass is 10.1. The molecule has 6 heteroatoms. The van der Waals surface area contributed by atoms with Crippen LogP contribution in [0.4, 0.5) is 0 Å². The van der Waals surface area contributed by atoms with Crippen molar-refractivity contribution in [3.63, 3.8) is 0 Å². The van der Waals surface area contributed by atoms with Crippen molar-refractivity contribution in [2.45, 2.75) is 33.2 Å². The summed E-state index contributed by atoms with van der Waals surface area (Å²) >= 11 is 0. The van der Waals surface area contributed by atoms with Gasteiger partial charge in [0.25, 0.3) is 5.91 Å². The molecule has 0 aliphatic carbocycles. The Kier molecular flexibility index (Phi) is 5.18. The molecule has 0 radical (unpaired) electrons. The summed E-state index contributed by atoms with van der Waals surface area (Å²) in [5, 5.41) is 6.86. The predicted molar refractivity (Wildman–Crippen MR) is 93.9 cm³/mol.